The van der Waals surface area contributed by atoms with Crippen molar-refractivity contribution in [3.8, 4) is 16.9 Å². The number of aryl methyl sites for hydroxylation is 1. The van der Waals surface area contributed by atoms with Crippen LogP contribution in [0.1, 0.15) is 94.3 Å². The number of carbonyl (C=O) groups is 1. The molecule has 1 spiro atoms. The fourth-order valence-electron chi connectivity index (χ4n) is 8.13. The Morgan fingerprint density at radius 1 is 1.06 bits per heavy atom. The Labute approximate surface area is 303 Å². The number of halogens is 1. The van der Waals surface area contributed by atoms with E-state index in [9.17, 15) is 14.3 Å². The molecule has 0 bridgehead atoms. The van der Waals surface area contributed by atoms with Crippen LogP contribution in [0.3, 0.4) is 0 Å². The normalized spacial score (nSPS) is 18.5. The number of ether oxygens (including phenoxy) is 3. The maximum atomic E-state index is 13.4. The van der Waals surface area contributed by atoms with Crippen LogP contribution in [-0.2, 0) is 27.2 Å². The SMILES string of the molecule is Cc1nc(CN(C)CC2CCOCC2)c(-c2ccc(OCCc3ccc(F)cc3)cc2)c(N2CCC3(CCC3)CC2)c1[C@H](OC(C)(C)C)C(=O)O. The first kappa shape index (κ1) is 37.2. The molecule has 1 atom stereocenters. The number of nitrogens with zero attached hydrogens (tertiary/aromatic N) is 3. The van der Waals surface area contributed by atoms with Crippen LogP contribution >= 0.6 is 0 Å². The first-order chi connectivity index (χ1) is 24.4. The van der Waals surface area contributed by atoms with Gasteiger partial charge in [0.05, 0.1) is 23.6 Å². The van der Waals surface area contributed by atoms with Crippen LogP contribution in [-0.4, -0.2) is 73.1 Å². The van der Waals surface area contributed by atoms with Gasteiger partial charge in [0.1, 0.15) is 11.6 Å². The van der Waals surface area contributed by atoms with Gasteiger partial charge in [0.15, 0.2) is 6.10 Å². The van der Waals surface area contributed by atoms with Crippen molar-refractivity contribution in [1.29, 1.82) is 0 Å². The van der Waals surface area contributed by atoms with Crippen molar-refractivity contribution in [3.63, 3.8) is 0 Å². The Kier molecular flexibility index (Phi) is 11.7. The number of piperidine rings is 1. The summed E-state index contributed by atoms with van der Waals surface area (Å²) in [5.41, 5.74) is 5.93. The zero-order valence-corrected chi connectivity index (χ0v) is 31.2. The Morgan fingerprint density at radius 3 is 2.31 bits per heavy atom. The van der Waals surface area contributed by atoms with E-state index >= 15 is 0 Å². The van der Waals surface area contributed by atoms with Gasteiger partial charge in [-0.05, 0) is 120 Å². The third-order valence-corrected chi connectivity index (χ3v) is 11.0. The molecular weight excluding hydrogens is 645 g/mol. The van der Waals surface area contributed by atoms with Gasteiger partial charge in [-0.3, -0.25) is 4.98 Å². The number of rotatable bonds is 13. The molecule has 2 aromatic carbocycles. The van der Waals surface area contributed by atoms with Crippen molar-refractivity contribution in [1.82, 2.24) is 9.88 Å². The van der Waals surface area contributed by atoms with Crippen molar-refractivity contribution in [2.75, 3.05) is 51.4 Å². The predicted octanol–water partition coefficient (Wildman–Crippen LogP) is 8.39. The maximum Gasteiger partial charge on any atom is 0.337 e. The smallest absolute Gasteiger partial charge is 0.337 e. The monoisotopic (exact) mass is 701 g/mol. The van der Waals surface area contributed by atoms with Crippen molar-refractivity contribution >= 4 is 11.7 Å². The lowest BCUT2D eigenvalue weighted by atomic mass is 9.63. The lowest BCUT2D eigenvalue weighted by Gasteiger charge is -2.49. The van der Waals surface area contributed by atoms with Gasteiger partial charge in [0.25, 0.3) is 0 Å². The van der Waals surface area contributed by atoms with Gasteiger partial charge in [-0.2, -0.15) is 0 Å². The summed E-state index contributed by atoms with van der Waals surface area (Å²) in [4.78, 5) is 23.1. The van der Waals surface area contributed by atoms with Gasteiger partial charge < -0.3 is 29.1 Å². The van der Waals surface area contributed by atoms with Gasteiger partial charge in [-0.1, -0.05) is 30.7 Å². The Bertz CT molecular complexity index is 1620. The number of pyridine rings is 1. The van der Waals surface area contributed by atoms with Gasteiger partial charge in [0.2, 0.25) is 0 Å². The third kappa shape index (κ3) is 9.29. The number of aromatic nitrogens is 1. The highest BCUT2D eigenvalue weighted by Crippen LogP contribution is 2.51. The number of anilines is 1. The van der Waals surface area contributed by atoms with Crippen LogP contribution in [0.5, 0.6) is 5.75 Å². The minimum absolute atomic E-state index is 0.246. The first-order valence-corrected chi connectivity index (χ1v) is 18.8. The zero-order valence-electron chi connectivity index (χ0n) is 31.2. The van der Waals surface area contributed by atoms with E-state index in [0.29, 0.717) is 42.2 Å². The number of hydrogen-bond acceptors (Lipinski definition) is 7. The molecule has 0 unspecified atom stereocenters. The van der Waals surface area contributed by atoms with E-state index in [1.807, 2.05) is 39.8 Å². The molecule has 3 heterocycles. The standard InChI is InChI=1S/C42H56FN3O5/c1-29-36(39(40(47)48)51-41(2,3)4)38(46-22-20-42(21-23-46)18-6-19-42)37(35(44-29)28-45(5)27-31-15-24-49-25-16-31)32-9-13-34(14-10-32)50-26-17-30-7-11-33(43)12-8-30/h7-14,31,39H,6,15-28H2,1-5H3,(H,47,48)/t39-/m0/s1. The maximum absolute atomic E-state index is 13.4. The Morgan fingerprint density at radius 2 is 1.73 bits per heavy atom. The minimum atomic E-state index is -1.17. The molecule has 6 rings (SSSR count). The summed E-state index contributed by atoms with van der Waals surface area (Å²) in [5, 5.41) is 10.7. The van der Waals surface area contributed by atoms with Crippen molar-refractivity contribution < 1.29 is 28.5 Å². The summed E-state index contributed by atoms with van der Waals surface area (Å²) >= 11 is 0. The van der Waals surface area contributed by atoms with Crippen LogP contribution in [0.15, 0.2) is 48.5 Å². The molecule has 1 saturated carbocycles. The number of aliphatic carboxylic acids is 1. The first-order valence-electron chi connectivity index (χ1n) is 18.8. The zero-order chi connectivity index (χ0) is 36.2. The molecule has 276 valence electrons. The van der Waals surface area contributed by atoms with Gasteiger partial charge in [-0.25, -0.2) is 9.18 Å². The summed E-state index contributed by atoms with van der Waals surface area (Å²) in [6.07, 6.45) is 7.67. The van der Waals surface area contributed by atoms with Crippen LogP contribution in [0.25, 0.3) is 11.1 Å². The molecule has 9 heteroatoms. The van der Waals surface area contributed by atoms with Crippen LogP contribution < -0.4 is 9.64 Å². The highest BCUT2D eigenvalue weighted by Gasteiger charge is 2.42. The molecule has 1 aromatic heterocycles. The van der Waals surface area contributed by atoms with Crippen molar-refractivity contribution in [2.45, 2.75) is 97.3 Å². The predicted molar refractivity (Wildman–Crippen MR) is 199 cm³/mol. The summed E-state index contributed by atoms with van der Waals surface area (Å²) in [5.74, 6) is 0.0500. The van der Waals surface area contributed by atoms with E-state index in [2.05, 4.69) is 29.0 Å². The van der Waals surface area contributed by atoms with Gasteiger partial charge in [-0.15, -0.1) is 0 Å². The molecule has 3 aliphatic rings. The van der Waals surface area contributed by atoms with E-state index in [1.54, 1.807) is 12.1 Å². The molecule has 8 nitrogen and oxygen atoms in total. The molecule has 2 aliphatic heterocycles. The average molecular weight is 702 g/mol. The Balaban J connectivity index is 1.39. The quantitative estimate of drug-likeness (QED) is 0.190. The van der Waals surface area contributed by atoms with Gasteiger partial charge in [0, 0.05) is 62.6 Å². The molecule has 3 fully saturated rings. The molecule has 0 amide bonds. The number of carboxylic acid groups (broad SMARTS) is 1. The third-order valence-electron chi connectivity index (χ3n) is 11.0. The highest BCUT2D eigenvalue weighted by atomic mass is 19.1. The lowest BCUT2D eigenvalue weighted by Crippen LogP contribution is -2.44. The highest BCUT2D eigenvalue weighted by molar-refractivity contribution is 5.88. The average Bonchev–Trinajstić information content (AvgIpc) is 3.08. The van der Waals surface area contributed by atoms with E-state index < -0.39 is 17.7 Å². The van der Waals surface area contributed by atoms with E-state index in [0.717, 1.165) is 92.4 Å². The van der Waals surface area contributed by atoms with Crippen molar-refractivity contribution in [3.05, 3.63) is 76.9 Å². The topological polar surface area (TPSA) is 84.4 Å². The summed E-state index contributed by atoms with van der Waals surface area (Å²) in [7, 11) is 2.16. The summed E-state index contributed by atoms with van der Waals surface area (Å²) in [6.45, 7) is 13.0. The molecule has 0 radical (unpaired) electrons. The molecule has 1 aliphatic carbocycles. The molecular formula is C42H56FN3O5. The van der Waals surface area contributed by atoms with Crippen molar-refractivity contribution in [2.24, 2.45) is 11.3 Å². The van der Waals surface area contributed by atoms with E-state index in [-0.39, 0.29) is 5.82 Å². The number of hydrogen-bond donors (Lipinski definition) is 1. The van der Waals surface area contributed by atoms with E-state index in [1.165, 1.54) is 31.4 Å². The lowest BCUT2D eigenvalue weighted by molar-refractivity contribution is -0.160. The van der Waals surface area contributed by atoms with E-state index in [4.69, 9.17) is 19.2 Å². The van der Waals surface area contributed by atoms with Gasteiger partial charge >= 0.3 is 5.97 Å². The summed E-state index contributed by atoms with van der Waals surface area (Å²) < 4.78 is 31.5. The second-order valence-corrected chi connectivity index (χ2v) is 16.1. The number of benzene rings is 2. The Hall–Kier alpha value is -3.53. The molecule has 1 N–H and O–H groups in total. The van der Waals surface area contributed by atoms with Crippen LogP contribution in [0, 0.1) is 24.1 Å². The van der Waals surface area contributed by atoms with Crippen LogP contribution in [0.2, 0.25) is 0 Å². The second kappa shape index (κ2) is 16.0. The van der Waals surface area contributed by atoms with Crippen LogP contribution in [0.4, 0.5) is 10.1 Å². The fourth-order valence-corrected chi connectivity index (χ4v) is 8.13. The summed E-state index contributed by atoms with van der Waals surface area (Å²) in [6, 6.07) is 14.6. The molecule has 2 saturated heterocycles. The minimum Gasteiger partial charge on any atom is -0.493 e. The number of carboxylic acids is 1. The molecule has 51 heavy (non-hydrogen) atoms. The largest absolute Gasteiger partial charge is 0.493 e. The fraction of sp³-hybridized carbons (Fsp3) is 0.571. The second-order valence-electron chi connectivity index (χ2n) is 16.1. The molecule has 3 aromatic rings.